The zero-order valence-corrected chi connectivity index (χ0v) is 13.4. The summed E-state index contributed by atoms with van der Waals surface area (Å²) in [5.41, 5.74) is 0.392. The Bertz CT molecular complexity index is 277. The summed E-state index contributed by atoms with van der Waals surface area (Å²) in [6.07, 6.45) is 0.323. The smallest absolute Gasteiger partial charge is 0.377 e. The molecule has 0 unspecified atom stereocenters. The number of esters is 1. The highest BCUT2D eigenvalue weighted by molar-refractivity contribution is 6.67. The zero-order chi connectivity index (χ0) is 14.3. The number of carbonyl (C=O) groups excluding carboxylic acids is 1. The van der Waals surface area contributed by atoms with E-state index in [1.807, 2.05) is 34.6 Å². The maximum absolute atomic E-state index is 11.5. The Morgan fingerprint density at radius 2 is 1.61 bits per heavy atom. The van der Waals surface area contributed by atoms with Gasteiger partial charge in [-0.2, -0.15) is 0 Å². The van der Waals surface area contributed by atoms with Crippen molar-refractivity contribution in [3.63, 3.8) is 0 Å². The van der Waals surface area contributed by atoms with Crippen LogP contribution in [0.25, 0.3) is 0 Å². The van der Waals surface area contributed by atoms with Crippen LogP contribution in [0, 0.1) is 0 Å². The number of hydrogen-bond acceptors (Lipinski definition) is 4. The van der Waals surface area contributed by atoms with Crippen LogP contribution < -0.4 is 0 Å². The van der Waals surface area contributed by atoms with Gasteiger partial charge in [-0.3, -0.25) is 0 Å². The predicted molar refractivity (Wildman–Crippen MR) is 74.5 cm³/mol. The van der Waals surface area contributed by atoms with Crippen molar-refractivity contribution in [2.45, 2.75) is 59.8 Å². The first-order valence-corrected chi connectivity index (χ1v) is 8.63. The van der Waals surface area contributed by atoms with Gasteiger partial charge >= 0.3 is 14.5 Å². The standard InChI is InChI=1S/C13H26O4Si/c1-8-18(16-11(4)5,17-12(6)7)9-15-13(14)10(2)3/h11-12H,2,8-9H2,1,3-7H3. The summed E-state index contributed by atoms with van der Waals surface area (Å²) in [5, 5.41) is 0. The Morgan fingerprint density at radius 3 is 1.89 bits per heavy atom. The molecule has 0 aromatic rings. The third kappa shape index (κ3) is 6.33. The van der Waals surface area contributed by atoms with Gasteiger partial charge in [0, 0.05) is 17.8 Å². The largest absolute Gasteiger partial charge is 0.460 e. The highest BCUT2D eigenvalue weighted by atomic mass is 28.4. The molecule has 0 spiro atoms. The molecule has 0 rings (SSSR count). The number of ether oxygens (including phenoxy) is 1. The molecule has 0 bridgehead atoms. The third-order valence-electron chi connectivity index (χ3n) is 2.21. The van der Waals surface area contributed by atoms with E-state index in [9.17, 15) is 4.79 Å². The van der Waals surface area contributed by atoms with E-state index in [0.29, 0.717) is 5.57 Å². The first-order valence-electron chi connectivity index (χ1n) is 6.40. The van der Waals surface area contributed by atoms with Gasteiger partial charge in [0.15, 0.2) is 0 Å². The molecule has 0 atom stereocenters. The molecular formula is C13H26O4Si. The fraction of sp³-hybridized carbons (Fsp3) is 0.769. The molecule has 0 fully saturated rings. The summed E-state index contributed by atoms with van der Waals surface area (Å²) >= 11 is 0. The SMILES string of the molecule is C=C(C)C(=O)OC[Si](CC)(OC(C)C)OC(C)C. The molecule has 0 saturated heterocycles. The maximum atomic E-state index is 11.5. The molecule has 0 aromatic heterocycles. The van der Waals surface area contributed by atoms with Crippen molar-refractivity contribution in [2.24, 2.45) is 0 Å². The Morgan fingerprint density at radius 1 is 1.17 bits per heavy atom. The summed E-state index contributed by atoms with van der Waals surface area (Å²) in [5.74, 6) is -0.389. The van der Waals surface area contributed by atoms with Gasteiger partial charge in [0.1, 0.15) is 6.23 Å². The number of carbonyl (C=O) groups is 1. The average molecular weight is 274 g/mol. The summed E-state index contributed by atoms with van der Waals surface area (Å²) in [6, 6.07) is 0.743. The minimum Gasteiger partial charge on any atom is -0.460 e. The van der Waals surface area contributed by atoms with Crippen molar-refractivity contribution >= 4 is 14.5 Å². The predicted octanol–water partition coefficient (Wildman–Crippen LogP) is 2.96. The molecule has 0 aliphatic carbocycles. The van der Waals surface area contributed by atoms with Crippen LogP contribution in [-0.2, 0) is 18.4 Å². The first-order chi connectivity index (χ1) is 8.22. The lowest BCUT2D eigenvalue weighted by molar-refractivity contribution is -0.138. The van der Waals surface area contributed by atoms with Crippen LogP contribution in [0.3, 0.4) is 0 Å². The van der Waals surface area contributed by atoms with Gasteiger partial charge in [0.25, 0.3) is 0 Å². The quantitative estimate of drug-likeness (QED) is 0.388. The van der Waals surface area contributed by atoms with E-state index < -0.39 is 8.56 Å². The molecular weight excluding hydrogens is 248 g/mol. The molecule has 0 aliphatic rings. The van der Waals surface area contributed by atoms with E-state index in [1.54, 1.807) is 6.92 Å². The zero-order valence-electron chi connectivity index (χ0n) is 12.4. The minimum atomic E-state index is -2.49. The molecule has 0 N–H and O–H groups in total. The lowest BCUT2D eigenvalue weighted by Crippen LogP contribution is -2.50. The molecule has 0 heterocycles. The highest BCUT2D eigenvalue weighted by Crippen LogP contribution is 2.19. The summed E-state index contributed by atoms with van der Waals surface area (Å²) < 4.78 is 17.1. The third-order valence-corrected chi connectivity index (χ3v) is 5.67. The minimum absolute atomic E-state index is 0.0545. The Balaban J connectivity index is 4.72. The summed E-state index contributed by atoms with van der Waals surface area (Å²) in [4.78, 5) is 11.5. The molecule has 0 amide bonds. The highest BCUT2D eigenvalue weighted by Gasteiger charge is 2.40. The lowest BCUT2D eigenvalue weighted by Gasteiger charge is -2.32. The van der Waals surface area contributed by atoms with E-state index >= 15 is 0 Å². The lowest BCUT2D eigenvalue weighted by atomic mass is 10.4. The van der Waals surface area contributed by atoms with E-state index in [-0.39, 0.29) is 24.4 Å². The van der Waals surface area contributed by atoms with Crippen molar-refractivity contribution < 1.29 is 18.4 Å². The van der Waals surface area contributed by atoms with Crippen molar-refractivity contribution in [1.82, 2.24) is 0 Å². The van der Waals surface area contributed by atoms with Crippen LogP contribution in [0.1, 0.15) is 41.5 Å². The van der Waals surface area contributed by atoms with Crippen molar-refractivity contribution in [3.05, 3.63) is 12.2 Å². The van der Waals surface area contributed by atoms with Crippen LogP contribution in [0.15, 0.2) is 12.2 Å². The Labute approximate surface area is 112 Å². The van der Waals surface area contributed by atoms with Crippen LogP contribution >= 0.6 is 0 Å². The number of rotatable bonds is 8. The van der Waals surface area contributed by atoms with Gasteiger partial charge in [-0.05, 0) is 40.7 Å². The second kappa shape index (κ2) is 7.71. The molecule has 0 saturated carbocycles. The Hall–Kier alpha value is -0.653. The second-order valence-electron chi connectivity index (χ2n) is 4.95. The van der Waals surface area contributed by atoms with Gasteiger partial charge in [-0.25, -0.2) is 4.79 Å². The van der Waals surface area contributed by atoms with Crippen LogP contribution in [-0.4, -0.2) is 33.0 Å². The van der Waals surface area contributed by atoms with E-state index in [1.165, 1.54) is 0 Å². The summed E-state index contributed by atoms with van der Waals surface area (Å²) in [6.45, 7) is 15.0. The molecule has 18 heavy (non-hydrogen) atoms. The average Bonchev–Trinajstić information content (AvgIpc) is 2.23. The van der Waals surface area contributed by atoms with Gasteiger partial charge in [-0.15, -0.1) is 0 Å². The van der Waals surface area contributed by atoms with Gasteiger partial charge in [0.2, 0.25) is 0 Å². The summed E-state index contributed by atoms with van der Waals surface area (Å²) in [7, 11) is -2.49. The molecule has 0 radical (unpaired) electrons. The molecule has 4 nitrogen and oxygen atoms in total. The van der Waals surface area contributed by atoms with Gasteiger partial charge in [-0.1, -0.05) is 13.5 Å². The van der Waals surface area contributed by atoms with Crippen molar-refractivity contribution in [3.8, 4) is 0 Å². The Kier molecular flexibility index (Phi) is 7.43. The topological polar surface area (TPSA) is 44.8 Å². The van der Waals surface area contributed by atoms with Crippen LogP contribution in [0.5, 0.6) is 0 Å². The molecule has 0 aliphatic heterocycles. The monoisotopic (exact) mass is 274 g/mol. The van der Waals surface area contributed by atoms with E-state index in [4.69, 9.17) is 13.6 Å². The molecule has 106 valence electrons. The van der Waals surface area contributed by atoms with Crippen LogP contribution in [0.2, 0.25) is 6.04 Å². The normalized spacial score (nSPS) is 12.0. The first kappa shape index (κ1) is 17.3. The van der Waals surface area contributed by atoms with Crippen LogP contribution in [0.4, 0.5) is 0 Å². The van der Waals surface area contributed by atoms with Crippen molar-refractivity contribution in [2.75, 3.05) is 6.23 Å². The molecule has 0 aromatic carbocycles. The van der Waals surface area contributed by atoms with Crippen molar-refractivity contribution in [1.29, 1.82) is 0 Å². The maximum Gasteiger partial charge on any atom is 0.377 e. The fourth-order valence-corrected chi connectivity index (χ4v) is 4.32. The van der Waals surface area contributed by atoms with E-state index in [0.717, 1.165) is 6.04 Å². The molecule has 5 heteroatoms. The second-order valence-corrected chi connectivity index (χ2v) is 8.24. The van der Waals surface area contributed by atoms with Gasteiger partial charge in [0.05, 0.1) is 0 Å². The van der Waals surface area contributed by atoms with E-state index in [2.05, 4.69) is 6.58 Å². The fourth-order valence-electron chi connectivity index (χ4n) is 1.52. The van der Waals surface area contributed by atoms with Gasteiger partial charge < -0.3 is 13.6 Å². The number of hydrogen-bond donors (Lipinski definition) is 0.